The van der Waals surface area contributed by atoms with Crippen LogP contribution in [-0.4, -0.2) is 29.8 Å². The monoisotopic (exact) mass is 378 g/mol. The van der Waals surface area contributed by atoms with Crippen molar-refractivity contribution in [2.45, 2.75) is 38.5 Å². The van der Waals surface area contributed by atoms with Crippen LogP contribution >= 0.6 is 15.9 Å². The Morgan fingerprint density at radius 3 is 2.13 bits per heavy atom. The summed E-state index contributed by atoms with van der Waals surface area (Å²) < 4.78 is 0.997. The van der Waals surface area contributed by atoms with Gasteiger partial charge in [-0.2, -0.15) is 0 Å². The predicted molar refractivity (Wildman–Crippen MR) is 94.0 cm³/mol. The number of halogens is 1. The molecule has 0 aromatic heterocycles. The predicted octanol–water partition coefficient (Wildman–Crippen LogP) is 3.82. The van der Waals surface area contributed by atoms with Crippen molar-refractivity contribution in [1.29, 1.82) is 0 Å². The lowest BCUT2D eigenvalue weighted by Gasteiger charge is -2.29. The molecule has 1 aliphatic heterocycles. The van der Waals surface area contributed by atoms with Crippen LogP contribution in [0, 0.1) is 11.8 Å². The van der Waals surface area contributed by atoms with Gasteiger partial charge in [0.2, 0.25) is 11.8 Å². The fraction of sp³-hybridized carbons (Fsp3) is 0.556. The average Bonchev–Trinajstić information content (AvgIpc) is 3.11. The lowest BCUT2D eigenvalue weighted by Crippen LogP contribution is -2.37. The number of anilines is 1. The Balaban J connectivity index is 1.49. The van der Waals surface area contributed by atoms with Gasteiger partial charge in [0.05, 0.1) is 0 Å². The van der Waals surface area contributed by atoms with E-state index in [1.165, 1.54) is 0 Å². The van der Waals surface area contributed by atoms with Crippen LogP contribution in [0.25, 0.3) is 0 Å². The number of nitrogens with one attached hydrogen (secondary N) is 1. The summed E-state index contributed by atoms with van der Waals surface area (Å²) in [4.78, 5) is 26.8. The molecule has 1 aliphatic carbocycles. The lowest BCUT2D eigenvalue weighted by molar-refractivity contribution is -0.136. The van der Waals surface area contributed by atoms with Gasteiger partial charge >= 0.3 is 0 Å². The van der Waals surface area contributed by atoms with E-state index in [-0.39, 0.29) is 17.7 Å². The van der Waals surface area contributed by atoms with Gasteiger partial charge in [-0.15, -0.1) is 0 Å². The second-order valence-electron chi connectivity index (χ2n) is 6.58. The van der Waals surface area contributed by atoms with Crippen LogP contribution in [0.3, 0.4) is 0 Å². The summed E-state index contributed by atoms with van der Waals surface area (Å²) in [5, 5.41) is 2.98. The van der Waals surface area contributed by atoms with E-state index in [9.17, 15) is 9.59 Å². The number of rotatable bonds is 3. The van der Waals surface area contributed by atoms with E-state index in [2.05, 4.69) is 21.2 Å². The Hall–Kier alpha value is -1.36. The highest BCUT2D eigenvalue weighted by Crippen LogP contribution is 2.31. The van der Waals surface area contributed by atoms with Gasteiger partial charge < -0.3 is 10.2 Å². The zero-order chi connectivity index (χ0) is 16.2. The van der Waals surface area contributed by atoms with Crippen molar-refractivity contribution in [3.8, 4) is 0 Å². The number of carbonyl (C=O) groups excluding carboxylic acids is 2. The Morgan fingerprint density at radius 1 is 0.957 bits per heavy atom. The minimum absolute atomic E-state index is 0.0290. The van der Waals surface area contributed by atoms with Crippen LogP contribution in [0.5, 0.6) is 0 Å². The summed E-state index contributed by atoms with van der Waals surface area (Å²) in [5.74, 6) is 0.555. The van der Waals surface area contributed by atoms with Gasteiger partial charge in [0, 0.05) is 35.1 Å². The molecule has 1 aromatic rings. The van der Waals surface area contributed by atoms with Crippen molar-refractivity contribution in [1.82, 2.24) is 4.90 Å². The fourth-order valence-electron chi connectivity index (χ4n) is 3.58. The average molecular weight is 379 g/mol. The van der Waals surface area contributed by atoms with Crippen molar-refractivity contribution in [2.24, 2.45) is 11.8 Å². The minimum Gasteiger partial charge on any atom is -0.342 e. The summed E-state index contributed by atoms with van der Waals surface area (Å²) in [6.07, 6.45) is 5.58. The number of hydrogen-bond acceptors (Lipinski definition) is 2. The molecule has 0 bridgehead atoms. The lowest BCUT2D eigenvalue weighted by atomic mass is 9.81. The van der Waals surface area contributed by atoms with Crippen molar-refractivity contribution in [3.05, 3.63) is 28.7 Å². The maximum Gasteiger partial charge on any atom is 0.227 e. The molecule has 0 spiro atoms. The standard InChI is InChI=1S/C18H23BrN2O2/c19-15-7-9-16(10-8-15)20-17(22)13-3-5-14(6-4-13)18(23)21-11-1-2-12-21/h7-10,13-14H,1-6,11-12H2,(H,20,22). The third-order valence-corrected chi connectivity index (χ3v) is 5.51. The second kappa shape index (κ2) is 7.47. The molecule has 5 heteroatoms. The molecule has 1 heterocycles. The van der Waals surface area contributed by atoms with E-state index in [1.807, 2.05) is 29.2 Å². The highest BCUT2D eigenvalue weighted by Gasteiger charge is 2.32. The first-order valence-corrected chi connectivity index (χ1v) is 9.28. The largest absolute Gasteiger partial charge is 0.342 e. The number of amides is 2. The first kappa shape index (κ1) is 16.5. The summed E-state index contributed by atoms with van der Waals surface area (Å²) in [6, 6.07) is 7.62. The summed E-state index contributed by atoms with van der Waals surface area (Å²) in [6.45, 7) is 1.84. The van der Waals surface area contributed by atoms with E-state index >= 15 is 0 Å². The summed E-state index contributed by atoms with van der Waals surface area (Å²) in [7, 11) is 0. The molecule has 1 N–H and O–H groups in total. The summed E-state index contributed by atoms with van der Waals surface area (Å²) in [5.41, 5.74) is 0.827. The van der Waals surface area contributed by atoms with Gasteiger partial charge in [-0.3, -0.25) is 9.59 Å². The Labute approximate surface area is 145 Å². The van der Waals surface area contributed by atoms with Crippen molar-refractivity contribution in [2.75, 3.05) is 18.4 Å². The molecule has 0 unspecified atom stereocenters. The number of likely N-dealkylation sites (tertiary alicyclic amines) is 1. The van der Waals surface area contributed by atoms with Crippen LogP contribution in [0.2, 0.25) is 0 Å². The number of nitrogens with zero attached hydrogens (tertiary/aromatic N) is 1. The third kappa shape index (κ3) is 4.14. The first-order chi connectivity index (χ1) is 11.1. The quantitative estimate of drug-likeness (QED) is 0.868. The van der Waals surface area contributed by atoms with Crippen molar-refractivity contribution >= 4 is 33.4 Å². The smallest absolute Gasteiger partial charge is 0.227 e. The van der Waals surface area contributed by atoms with Crippen molar-refractivity contribution in [3.63, 3.8) is 0 Å². The number of benzene rings is 1. The van der Waals surface area contributed by atoms with E-state index in [0.29, 0.717) is 5.91 Å². The fourth-order valence-corrected chi connectivity index (χ4v) is 3.84. The summed E-state index contributed by atoms with van der Waals surface area (Å²) >= 11 is 3.39. The van der Waals surface area contributed by atoms with E-state index in [4.69, 9.17) is 0 Å². The van der Waals surface area contributed by atoms with Crippen LogP contribution in [0.4, 0.5) is 5.69 Å². The van der Waals surface area contributed by atoms with Crippen LogP contribution in [-0.2, 0) is 9.59 Å². The van der Waals surface area contributed by atoms with Crippen LogP contribution in [0.15, 0.2) is 28.7 Å². The number of carbonyl (C=O) groups is 2. The second-order valence-corrected chi connectivity index (χ2v) is 7.49. The Morgan fingerprint density at radius 2 is 1.52 bits per heavy atom. The van der Waals surface area contributed by atoms with Gasteiger partial charge in [-0.1, -0.05) is 15.9 Å². The van der Waals surface area contributed by atoms with E-state index in [0.717, 1.165) is 61.8 Å². The maximum atomic E-state index is 12.4. The van der Waals surface area contributed by atoms with Gasteiger partial charge in [-0.25, -0.2) is 0 Å². The molecular formula is C18H23BrN2O2. The molecule has 23 heavy (non-hydrogen) atoms. The normalized spacial score (nSPS) is 24.5. The van der Waals surface area contributed by atoms with E-state index in [1.54, 1.807) is 0 Å². The van der Waals surface area contributed by atoms with Gasteiger partial charge in [0.25, 0.3) is 0 Å². The zero-order valence-electron chi connectivity index (χ0n) is 13.3. The topological polar surface area (TPSA) is 49.4 Å². The van der Waals surface area contributed by atoms with Gasteiger partial charge in [0.15, 0.2) is 0 Å². The Bertz CT molecular complexity index is 559. The number of hydrogen-bond donors (Lipinski definition) is 1. The molecule has 2 amide bonds. The highest BCUT2D eigenvalue weighted by molar-refractivity contribution is 9.10. The molecule has 1 saturated carbocycles. The molecule has 1 saturated heterocycles. The minimum atomic E-state index is 0.0290. The molecule has 2 aliphatic rings. The van der Waals surface area contributed by atoms with Gasteiger partial charge in [0.1, 0.15) is 0 Å². The maximum absolute atomic E-state index is 12.4. The molecular weight excluding hydrogens is 356 g/mol. The first-order valence-electron chi connectivity index (χ1n) is 8.49. The molecule has 0 atom stereocenters. The molecule has 124 valence electrons. The van der Waals surface area contributed by atoms with Crippen LogP contribution < -0.4 is 5.32 Å². The Kier molecular flexibility index (Phi) is 5.36. The molecule has 2 fully saturated rings. The van der Waals surface area contributed by atoms with Crippen molar-refractivity contribution < 1.29 is 9.59 Å². The zero-order valence-corrected chi connectivity index (χ0v) is 14.8. The highest BCUT2D eigenvalue weighted by atomic mass is 79.9. The molecule has 4 nitrogen and oxygen atoms in total. The van der Waals surface area contributed by atoms with E-state index < -0.39 is 0 Å². The SMILES string of the molecule is O=C(Nc1ccc(Br)cc1)C1CCC(C(=O)N2CCCC2)CC1. The third-order valence-electron chi connectivity index (χ3n) is 4.98. The van der Waals surface area contributed by atoms with Crippen LogP contribution in [0.1, 0.15) is 38.5 Å². The molecule has 1 aromatic carbocycles. The van der Waals surface area contributed by atoms with Gasteiger partial charge in [-0.05, 0) is 62.8 Å². The molecule has 3 rings (SSSR count). The molecule has 0 radical (unpaired) electrons.